The lowest BCUT2D eigenvalue weighted by atomic mass is 9.88. The van der Waals surface area contributed by atoms with Crippen LogP contribution in [0, 0.1) is 5.41 Å². The maximum Gasteiger partial charge on any atom is 0.224 e. The third-order valence-electron chi connectivity index (χ3n) is 2.73. The van der Waals surface area contributed by atoms with Crippen molar-refractivity contribution >= 4 is 27.7 Å². The van der Waals surface area contributed by atoms with E-state index in [-0.39, 0.29) is 5.41 Å². The molecule has 0 aromatic carbocycles. The van der Waals surface area contributed by atoms with E-state index in [2.05, 4.69) is 64.2 Å². The summed E-state index contributed by atoms with van der Waals surface area (Å²) in [4.78, 5) is 8.62. The molecule has 0 aliphatic heterocycles. The van der Waals surface area contributed by atoms with Crippen molar-refractivity contribution in [1.82, 2.24) is 9.97 Å². The van der Waals surface area contributed by atoms with Crippen molar-refractivity contribution in [2.45, 2.75) is 40.7 Å². The Labute approximate surface area is 112 Å². The second-order valence-electron chi connectivity index (χ2n) is 5.15. The maximum absolute atomic E-state index is 4.44. The highest BCUT2D eigenvalue weighted by Crippen LogP contribution is 2.26. The van der Waals surface area contributed by atoms with Crippen molar-refractivity contribution in [2.75, 3.05) is 17.2 Å². The van der Waals surface area contributed by atoms with Gasteiger partial charge < -0.3 is 10.6 Å². The molecule has 0 spiro atoms. The molecule has 0 saturated heterocycles. The van der Waals surface area contributed by atoms with Gasteiger partial charge in [-0.05, 0) is 35.2 Å². The van der Waals surface area contributed by atoms with Crippen molar-refractivity contribution in [1.29, 1.82) is 0 Å². The summed E-state index contributed by atoms with van der Waals surface area (Å²) in [6.07, 6.45) is 1.77. The molecule has 2 N–H and O–H groups in total. The molecular formula is C12H21BrN4. The molecule has 1 rings (SSSR count). The quantitative estimate of drug-likeness (QED) is 0.893. The van der Waals surface area contributed by atoms with E-state index >= 15 is 0 Å². The van der Waals surface area contributed by atoms with Crippen molar-refractivity contribution in [3.05, 3.63) is 10.7 Å². The summed E-state index contributed by atoms with van der Waals surface area (Å²) in [6, 6.07) is 0.322. The van der Waals surface area contributed by atoms with Crippen LogP contribution in [0.3, 0.4) is 0 Å². The smallest absolute Gasteiger partial charge is 0.224 e. The average Bonchev–Trinajstić information content (AvgIpc) is 2.22. The number of nitrogens with zero attached hydrogens (tertiary/aromatic N) is 2. The summed E-state index contributed by atoms with van der Waals surface area (Å²) in [5.41, 5.74) is 0.183. The topological polar surface area (TPSA) is 49.8 Å². The number of aromatic nitrogens is 2. The highest BCUT2D eigenvalue weighted by molar-refractivity contribution is 9.10. The van der Waals surface area contributed by atoms with Crippen LogP contribution in [0.25, 0.3) is 0 Å². The van der Waals surface area contributed by atoms with E-state index in [1.54, 1.807) is 6.20 Å². The van der Waals surface area contributed by atoms with Gasteiger partial charge in [-0.2, -0.15) is 4.98 Å². The Morgan fingerprint density at radius 2 is 2.06 bits per heavy atom. The first-order chi connectivity index (χ1) is 7.84. The maximum atomic E-state index is 4.44. The molecule has 0 amide bonds. The van der Waals surface area contributed by atoms with Gasteiger partial charge in [0.15, 0.2) is 0 Å². The molecule has 1 heterocycles. The van der Waals surface area contributed by atoms with Crippen molar-refractivity contribution in [3.63, 3.8) is 0 Å². The van der Waals surface area contributed by atoms with Crippen LogP contribution in [0.2, 0.25) is 0 Å². The van der Waals surface area contributed by atoms with Gasteiger partial charge in [0.05, 0.1) is 4.47 Å². The first kappa shape index (κ1) is 14.2. The molecule has 0 bridgehead atoms. The lowest BCUT2D eigenvalue weighted by Gasteiger charge is -2.28. The first-order valence-electron chi connectivity index (χ1n) is 5.87. The molecule has 0 aliphatic carbocycles. The van der Waals surface area contributed by atoms with Gasteiger partial charge in [-0.3, -0.25) is 0 Å². The number of nitrogens with one attached hydrogen (secondary N) is 2. The predicted molar refractivity (Wildman–Crippen MR) is 76.4 cm³/mol. The predicted octanol–water partition coefficient (Wildman–Crippen LogP) is 3.52. The summed E-state index contributed by atoms with van der Waals surface area (Å²) in [6.45, 7) is 11.6. The van der Waals surface area contributed by atoms with Crippen LogP contribution in [-0.2, 0) is 0 Å². The lowest BCUT2D eigenvalue weighted by Crippen LogP contribution is -2.31. The fourth-order valence-electron chi connectivity index (χ4n) is 1.13. The van der Waals surface area contributed by atoms with E-state index in [1.165, 1.54) is 0 Å². The number of hydrogen-bond donors (Lipinski definition) is 2. The normalized spacial score (nSPS) is 13.3. The zero-order valence-electron chi connectivity index (χ0n) is 11.1. The number of rotatable bonds is 4. The van der Waals surface area contributed by atoms with Crippen molar-refractivity contribution in [3.8, 4) is 0 Å². The summed E-state index contributed by atoms with van der Waals surface area (Å²) in [5.74, 6) is 1.48. The fraction of sp³-hybridized carbons (Fsp3) is 0.667. The molecule has 1 aromatic heterocycles. The molecule has 1 aromatic rings. The second-order valence-corrected chi connectivity index (χ2v) is 6.01. The Balaban J connectivity index is 2.86. The number of hydrogen-bond acceptors (Lipinski definition) is 4. The zero-order valence-corrected chi connectivity index (χ0v) is 12.7. The van der Waals surface area contributed by atoms with E-state index in [9.17, 15) is 0 Å². The highest BCUT2D eigenvalue weighted by atomic mass is 79.9. The molecule has 1 atom stereocenters. The SMILES string of the molecule is CCNc1ncc(Br)c(NC(C)C(C)(C)C)n1. The molecule has 0 radical (unpaired) electrons. The second kappa shape index (κ2) is 5.67. The molecule has 4 nitrogen and oxygen atoms in total. The average molecular weight is 301 g/mol. The van der Waals surface area contributed by atoms with Gasteiger partial charge in [0.1, 0.15) is 5.82 Å². The summed E-state index contributed by atoms with van der Waals surface area (Å²) >= 11 is 3.46. The third-order valence-corrected chi connectivity index (χ3v) is 3.31. The zero-order chi connectivity index (χ0) is 13.1. The van der Waals surface area contributed by atoms with Gasteiger partial charge in [0.25, 0.3) is 0 Å². The molecule has 5 heteroatoms. The lowest BCUT2D eigenvalue weighted by molar-refractivity contribution is 0.358. The van der Waals surface area contributed by atoms with Crippen LogP contribution in [0.15, 0.2) is 10.7 Å². The molecule has 96 valence electrons. The van der Waals surface area contributed by atoms with Gasteiger partial charge in [0.2, 0.25) is 5.95 Å². The standard InChI is InChI=1S/C12H21BrN4/c1-6-14-11-15-7-9(13)10(17-11)16-8(2)12(3,4)5/h7-8H,6H2,1-5H3,(H2,14,15,16,17). The molecule has 1 unspecified atom stereocenters. The van der Waals surface area contributed by atoms with E-state index in [1.807, 2.05) is 6.92 Å². The minimum atomic E-state index is 0.183. The minimum Gasteiger partial charge on any atom is -0.366 e. The van der Waals surface area contributed by atoms with E-state index in [0.29, 0.717) is 12.0 Å². The monoisotopic (exact) mass is 300 g/mol. The summed E-state index contributed by atoms with van der Waals surface area (Å²) < 4.78 is 0.884. The number of halogens is 1. The molecular weight excluding hydrogens is 280 g/mol. The first-order valence-corrected chi connectivity index (χ1v) is 6.67. The van der Waals surface area contributed by atoms with E-state index in [4.69, 9.17) is 0 Å². The van der Waals surface area contributed by atoms with Gasteiger partial charge in [-0.1, -0.05) is 20.8 Å². The Morgan fingerprint density at radius 1 is 1.41 bits per heavy atom. The largest absolute Gasteiger partial charge is 0.366 e. The number of anilines is 2. The van der Waals surface area contributed by atoms with Gasteiger partial charge in [0, 0.05) is 18.8 Å². The molecule has 0 fully saturated rings. The van der Waals surface area contributed by atoms with Crippen LogP contribution in [-0.4, -0.2) is 22.6 Å². The van der Waals surface area contributed by atoms with Crippen LogP contribution in [0.1, 0.15) is 34.6 Å². The summed E-state index contributed by atoms with van der Waals surface area (Å²) in [5, 5.41) is 6.51. The summed E-state index contributed by atoms with van der Waals surface area (Å²) in [7, 11) is 0. The molecule has 0 saturated carbocycles. The van der Waals surface area contributed by atoms with E-state index in [0.717, 1.165) is 16.8 Å². The van der Waals surface area contributed by atoms with E-state index < -0.39 is 0 Å². The molecule has 0 aliphatic rings. The Bertz CT molecular complexity index is 373. The minimum absolute atomic E-state index is 0.183. The highest BCUT2D eigenvalue weighted by Gasteiger charge is 2.21. The van der Waals surface area contributed by atoms with Crippen LogP contribution < -0.4 is 10.6 Å². The van der Waals surface area contributed by atoms with Crippen molar-refractivity contribution < 1.29 is 0 Å². The Kier molecular flexibility index (Phi) is 4.74. The Morgan fingerprint density at radius 3 is 2.59 bits per heavy atom. The third kappa shape index (κ3) is 4.15. The van der Waals surface area contributed by atoms with Gasteiger partial charge in [-0.15, -0.1) is 0 Å². The van der Waals surface area contributed by atoms with Crippen LogP contribution in [0.5, 0.6) is 0 Å². The van der Waals surface area contributed by atoms with Crippen LogP contribution in [0.4, 0.5) is 11.8 Å². The van der Waals surface area contributed by atoms with Crippen molar-refractivity contribution in [2.24, 2.45) is 5.41 Å². The molecule has 17 heavy (non-hydrogen) atoms. The van der Waals surface area contributed by atoms with Gasteiger partial charge in [-0.25, -0.2) is 4.98 Å². The Hall–Kier alpha value is -0.840. The fourth-order valence-corrected chi connectivity index (χ4v) is 1.44. The van der Waals surface area contributed by atoms with Gasteiger partial charge >= 0.3 is 0 Å². The van der Waals surface area contributed by atoms with Crippen LogP contribution >= 0.6 is 15.9 Å².